The van der Waals surface area contributed by atoms with Crippen molar-refractivity contribution in [1.29, 1.82) is 0 Å². The van der Waals surface area contributed by atoms with Gasteiger partial charge in [0, 0.05) is 16.1 Å². The van der Waals surface area contributed by atoms with Crippen LogP contribution in [0.25, 0.3) is 0 Å². The van der Waals surface area contributed by atoms with E-state index in [2.05, 4.69) is 14.4 Å². The van der Waals surface area contributed by atoms with Crippen molar-refractivity contribution in [1.82, 2.24) is 0 Å². The fraction of sp³-hybridized carbons (Fsp3) is 0.176. The lowest BCUT2D eigenvalue weighted by Crippen LogP contribution is -2.28. The second-order valence-electron chi connectivity index (χ2n) is 5.14. The highest BCUT2D eigenvalue weighted by Gasteiger charge is 2.48. The molecular weight excluding hydrogens is 421 g/mol. The van der Waals surface area contributed by atoms with Gasteiger partial charge in [-0.05, 0) is 43.3 Å². The van der Waals surface area contributed by atoms with Crippen LogP contribution in [0.1, 0.15) is 18.1 Å². The van der Waals surface area contributed by atoms with E-state index in [1.54, 1.807) is 31.2 Å². The van der Waals surface area contributed by atoms with Crippen molar-refractivity contribution in [2.24, 2.45) is 10.2 Å². The average Bonchev–Trinajstić information content (AvgIpc) is 2.63. The molecule has 0 unspecified atom stereocenters. The summed E-state index contributed by atoms with van der Waals surface area (Å²) in [6.45, 7) is 2.17. The third-order valence-electron chi connectivity index (χ3n) is 3.18. The van der Waals surface area contributed by atoms with Gasteiger partial charge in [0.25, 0.3) is 0 Å². The normalized spacial score (nSPS) is 13.0. The van der Waals surface area contributed by atoms with Gasteiger partial charge in [0.2, 0.25) is 0 Å². The first kappa shape index (κ1) is 21.7. The van der Waals surface area contributed by atoms with Gasteiger partial charge >= 0.3 is 15.6 Å². The lowest BCUT2D eigenvalue weighted by atomic mass is 10.0. The number of halogens is 4. The van der Waals surface area contributed by atoms with Crippen LogP contribution in [0, 0.1) is 0 Å². The van der Waals surface area contributed by atoms with E-state index in [0.717, 1.165) is 18.5 Å². The lowest BCUT2D eigenvalue weighted by Gasteiger charge is -2.10. The number of nitrogens with zero attached hydrogens (tertiary/aromatic N) is 2. The average molecular weight is 435 g/mol. The topological polar surface area (TPSA) is 77.3 Å². The summed E-state index contributed by atoms with van der Waals surface area (Å²) in [5.74, 6) is -0.491. The van der Waals surface area contributed by atoms with Crippen LogP contribution in [-0.4, -0.2) is 32.6 Å². The molecule has 0 bridgehead atoms. The molecule has 6 nitrogen and oxygen atoms in total. The molecule has 0 fully saturated rings. The van der Waals surface area contributed by atoms with Crippen LogP contribution in [0.2, 0.25) is 5.02 Å². The molecule has 150 valence electrons. The fourth-order valence-corrected chi connectivity index (χ4v) is 2.51. The minimum absolute atomic E-state index is 0.359. The summed E-state index contributed by atoms with van der Waals surface area (Å²) in [6.07, 6.45) is 1.14. The fourth-order valence-electron chi connectivity index (χ4n) is 1.92. The van der Waals surface area contributed by atoms with E-state index < -0.39 is 21.4 Å². The first-order chi connectivity index (χ1) is 13.1. The van der Waals surface area contributed by atoms with Gasteiger partial charge in [-0.15, -0.1) is 10.2 Å². The van der Waals surface area contributed by atoms with Gasteiger partial charge in [-0.3, -0.25) is 0 Å². The highest BCUT2D eigenvalue weighted by atomic mass is 35.5. The molecular formula is C17H14ClF3N2O4S. The van der Waals surface area contributed by atoms with Crippen molar-refractivity contribution in [2.45, 2.75) is 12.4 Å². The Hall–Kier alpha value is -2.59. The summed E-state index contributed by atoms with van der Waals surface area (Å²) in [5, 5.41) is 8.34. The lowest BCUT2D eigenvalue weighted by molar-refractivity contribution is -0.0500. The van der Waals surface area contributed by atoms with Crippen LogP contribution in [0.3, 0.4) is 0 Å². The predicted molar refractivity (Wildman–Crippen MR) is 99.3 cm³/mol. The molecule has 0 spiro atoms. The number of alkyl halides is 3. The molecule has 2 aromatic rings. The minimum Gasteiger partial charge on any atom is -0.482 e. The molecule has 2 rings (SSSR count). The Bertz CT molecular complexity index is 957. The number of hydrogen-bond donors (Lipinski definition) is 0. The van der Waals surface area contributed by atoms with Crippen molar-refractivity contribution in [3.63, 3.8) is 0 Å². The first-order valence-electron chi connectivity index (χ1n) is 7.72. The van der Waals surface area contributed by atoms with Gasteiger partial charge < -0.3 is 8.92 Å². The summed E-state index contributed by atoms with van der Waals surface area (Å²) in [5.41, 5.74) is -4.09. The molecule has 0 aromatic heterocycles. The van der Waals surface area contributed by atoms with E-state index >= 15 is 0 Å². The quantitative estimate of drug-likeness (QED) is 0.213. The molecule has 0 radical (unpaired) electrons. The Morgan fingerprint density at radius 1 is 1.07 bits per heavy atom. The van der Waals surface area contributed by atoms with Crippen molar-refractivity contribution in [3.8, 4) is 5.75 Å². The molecule has 0 aliphatic rings. The molecule has 0 amide bonds. The Morgan fingerprint density at radius 3 is 2.11 bits per heavy atom. The summed E-state index contributed by atoms with van der Waals surface area (Å²) < 4.78 is 68.4. The van der Waals surface area contributed by atoms with Gasteiger partial charge in [-0.1, -0.05) is 23.7 Å². The standard InChI is InChI=1S/C17H14ClF3N2O4S/c1-2-26-11-22-23-16(12-3-7-14(18)8-4-12)13-5-9-15(10-6-13)27-28(24,25)17(19,20)21/h3-11H,2H2,1H3. The smallest absolute Gasteiger partial charge is 0.482 e. The highest BCUT2D eigenvalue weighted by Crippen LogP contribution is 2.27. The van der Waals surface area contributed by atoms with E-state index in [0.29, 0.717) is 28.5 Å². The zero-order chi connectivity index (χ0) is 20.8. The van der Waals surface area contributed by atoms with Gasteiger partial charge in [-0.2, -0.15) is 21.6 Å². The number of rotatable bonds is 7. The maximum absolute atomic E-state index is 12.4. The molecule has 11 heteroatoms. The third kappa shape index (κ3) is 5.70. The van der Waals surface area contributed by atoms with Crippen LogP contribution < -0.4 is 4.18 Å². The molecule has 0 N–H and O–H groups in total. The van der Waals surface area contributed by atoms with Crippen molar-refractivity contribution in [3.05, 3.63) is 64.7 Å². The number of ether oxygens (including phenoxy) is 1. The second-order valence-corrected chi connectivity index (χ2v) is 7.11. The zero-order valence-corrected chi connectivity index (χ0v) is 15.9. The number of hydrogen-bond acceptors (Lipinski definition) is 6. The van der Waals surface area contributed by atoms with Gasteiger partial charge in [0.1, 0.15) is 11.5 Å². The van der Waals surface area contributed by atoms with Crippen LogP contribution in [-0.2, 0) is 14.9 Å². The molecule has 0 aliphatic carbocycles. The summed E-state index contributed by atoms with van der Waals surface area (Å²) in [6, 6.07) is 11.5. The summed E-state index contributed by atoms with van der Waals surface area (Å²) in [4.78, 5) is 0. The Labute approximate surface area is 164 Å². The Morgan fingerprint density at radius 2 is 1.61 bits per heavy atom. The van der Waals surface area contributed by atoms with Crippen LogP contribution >= 0.6 is 11.6 Å². The van der Waals surface area contributed by atoms with E-state index in [9.17, 15) is 21.6 Å². The predicted octanol–water partition coefficient (Wildman–Crippen LogP) is 4.39. The Kier molecular flexibility index (Phi) is 7.03. The van der Waals surface area contributed by atoms with E-state index in [4.69, 9.17) is 16.3 Å². The maximum Gasteiger partial charge on any atom is 0.534 e. The molecule has 0 atom stereocenters. The SMILES string of the molecule is CCOC=NN=C(c1ccc(Cl)cc1)c1ccc(OS(=O)(=O)C(F)(F)F)cc1. The van der Waals surface area contributed by atoms with E-state index in [1.165, 1.54) is 12.1 Å². The maximum atomic E-state index is 12.4. The monoisotopic (exact) mass is 434 g/mol. The van der Waals surface area contributed by atoms with E-state index in [1.807, 2.05) is 0 Å². The Balaban J connectivity index is 2.35. The zero-order valence-electron chi connectivity index (χ0n) is 14.4. The van der Waals surface area contributed by atoms with Crippen LogP contribution in [0.4, 0.5) is 13.2 Å². The second kappa shape index (κ2) is 9.07. The van der Waals surface area contributed by atoms with Crippen molar-refractivity contribution in [2.75, 3.05) is 6.61 Å². The molecule has 0 saturated carbocycles. The minimum atomic E-state index is -5.75. The number of benzene rings is 2. The van der Waals surface area contributed by atoms with Gasteiger partial charge in [0.15, 0.2) is 6.40 Å². The largest absolute Gasteiger partial charge is 0.534 e. The molecule has 0 heterocycles. The highest BCUT2D eigenvalue weighted by molar-refractivity contribution is 7.88. The molecule has 0 saturated heterocycles. The van der Waals surface area contributed by atoms with Crippen molar-refractivity contribution >= 4 is 33.8 Å². The van der Waals surface area contributed by atoms with Crippen LogP contribution in [0.5, 0.6) is 5.75 Å². The summed E-state index contributed by atoms with van der Waals surface area (Å²) >= 11 is 5.87. The molecule has 0 aliphatic heterocycles. The third-order valence-corrected chi connectivity index (χ3v) is 4.41. The van der Waals surface area contributed by atoms with Crippen LogP contribution in [0.15, 0.2) is 58.7 Å². The van der Waals surface area contributed by atoms with Gasteiger partial charge in [0.05, 0.1) is 6.61 Å². The van der Waals surface area contributed by atoms with E-state index in [-0.39, 0.29) is 0 Å². The van der Waals surface area contributed by atoms with Crippen molar-refractivity contribution < 1.29 is 30.5 Å². The molecule has 2 aromatic carbocycles. The first-order valence-corrected chi connectivity index (χ1v) is 9.51. The molecule has 28 heavy (non-hydrogen) atoms. The van der Waals surface area contributed by atoms with Gasteiger partial charge in [-0.25, -0.2) is 0 Å². The summed E-state index contributed by atoms with van der Waals surface area (Å²) in [7, 11) is -5.75.